The fraction of sp³-hybridized carbons (Fsp3) is 0.833. The molecule has 2 atom stereocenters. The summed E-state index contributed by atoms with van der Waals surface area (Å²) in [6, 6.07) is 0. The summed E-state index contributed by atoms with van der Waals surface area (Å²) in [7, 11) is 0. The molecule has 1 fully saturated rings. The Bertz CT molecular complexity index is 195. The van der Waals surface area contributed by atoms with Crippen molar-refractivity contribution < 1.29 is 4.74 Å². The molecule has 1 rings (SSSR count). The Morgan fingerprint density at radius 1 is 1.62 bits per heavy atom. The molecule has 0 aromatic heterocycles. The lowest BCUT2D eigenvalue weighted by molar-refractivity contribution is -0.0492. The number of rotatable bonds is 2. The third-order valence-electron chi connectivity index (χ3n) is 2.91. The summed E-state index contributed by atoms with van der Waals surface area (Å²) in [4.78, 5) is 0. The van der Waals surface area contributed by atoms with Crippen LogP contribution in [0.1, 0.15) is 47.0 Å². The van der Waals surface area contributed by atoms with E-state index in [4.69, 9.17) is 4.74 Å². The third kappa shape index (κ3) is 3.15. The van der Waals surface area contributed by atoms with E-state index in [0.717, 1.165) is 18.9 Å². The topological polar surface area (TPSA) is 9.23 Å². The van der Waals surface area contributed by atoms with Gasteiger partial charge >= 0.3 is 0 Å². The van der Waals surface area contributed by atoms with Gasteiger partial charge in [0.2, 0.25) is 0 Å². The minimum atomic E-state index is 0.0117. The van der Waals surface area contributed by atoms with Crippen molar-refractivity contribution in [1.82, 2.24) is 0 Å². The van der Waals surface area contributed by atoms with E-state index in [-0.39, 0.29) is 5.60 Å². The summed E-state index contributed by atoms with van der Waals surface area (Å²) in [6.45, 7) is 9.83. The molecular weight excluding hydrogens is 160 g/mol. The van der Waals surface area contributed by atoms with Crippen LogP contribution in [0.4, 0.5) is 0 Å². The van der Waals surface area contributed by atoms with Crippen LogP contribution >= 0.6 is 0 Å². The maximum atomic E-state index is 5.83. The van der Waals surface area contributed by atoms with Crippen LogP contribution in [0.25, 0.3) is 0 Å². The van der Waals surface area contributed by atoms with Gasteiger partial charge in [0.1, 0.15) is 0 Å². The number of hydrogen-bond donors (Lipinski definition) is 0. The average Bonchev–Trinajstić information content (AvgIpc) is 2.02. The summed E-state index contributed by atoms with van der Waals surface area (Å²) >= 11 is 0. The second-order valence-corrected chi connectivity index (χ2v) is 4.60. The minimum Gasteiger partial charge on any atom is -0.371 e. The number of allylic oxidation sites excluding steroid dienone is 1. The van der Waals surface area contributed by atoms with Crippen molar-refractivity contribution in [1.29, 1.82) is 0 Å². The summed E-state index contributed by atoms with van der Waals surface area (Å²) < 4.78 is 5.83. The predicted octanol–water partition coefficient (Wildman–Crippen LogP) is 3.55. The van der Waals surface area contributed by atoms with Crippen LogP contribution in [0.3, 0.4) is 0 Å². The molecule has 1 heteroatoms. The lowest BCUT2D eigenvalue weighted by atomic mass is 9.87. The zero-order valence-electron chi connectivity index (χ0n) is 9.39. The first-order valence-corrected chi connectivity index (χ1v) is 5.38. The Hall–Kier alpha value is -0.300. The van der Waals surface area contributed by atoms with E-state index in [2.05, 4.69) is 33.8 Å². The molecule has 1 heterocycles. The Labute approximate surface area is 82.2 Å². The van der Waals surface area contributed by atoms with E-state index in [1.807, 2.05) is 0 Å². The van der Waals surface area contributed by atoms with Crippen molar-refractivity contribution >= 4 is 0 Å². The average molecular weight is 182 g/mol. The van der Waals surface area contributed by atoms with Crippen LogP contribution in [0.2, 0.25) is 0 Å². The molecule has 13 heavy (non-hydrogen) atoms. The molecule has 0 spiro atoms. The molecule has 0 aromatic carbocycles. The highest BCUT2D eigenvalue weighted by Gasteiger charge is 2.28. The van der Waals surface area contributed by atoms with Gasteiger partial charge in [-0.05, 0) is 39.0 Å². The fourth-order valence-electron chi connectivity index (χ4n) is 2.07. The minimum absolute atomic E-state index is 0.0117. The summed E-state index contributed by atoms with van der Waals surface area (Å²) in [5, 5.41) is 0. The van der Waals surface area contributed by atoms with E-state index in [1.165, 1.54) is 18.4 Å². The van der Waals surface area contributed by atoms with E-state index < -0.39 is 0 Å². The molecule has 0 aliphatic carbocycles. The molecule has 0 amide bonds. The van der Waals surface area contributed by atoms with Crippen LogP contribution in [0.5, 0.6) is 0 Å². The van der Waals surface area contributed by atoms with Gasteiger partial charge in [-0.3, -0.25) is 0 Å². The molecule has 0 saturated carbocycles. The molecule has 76 valence electrons. The quantitative estimate of drug-likeness (QED) is 0.593. The van der Waals surface area contributed by atoms with Crippen molar-refractivity contribution in [2.75, 3.05) is 6.61 Å². The summed E-state index contributed by atoms with van der Waals surface area (Å²) in [5.41, 5.74) is 1.45. The normalized spacial score (nSPS) is 36.3. The molecule has 1 unspecified atom stereocenters. The van der Waals surface area contributed by atoms with Crippen molar-refractivity contribution in [2.24, 2.45) is 5.92 Å². The Morgan fingerprint density at radius 3 is 2.85 bits per heavy atom. The highest BCUT2D eigenvalue weighted by Crippen LogP contribution is 2.30. The van der Waals surface area contributed by atoms with Gasteiger partial charge in [-0.15, -0.1) is 0 Å². The summed E-state index contributed by atoms with van der Waals surface area (Å²) in [6.07, 6.45) is 5.83. The first-order valence-electron chi connectivity index (χ1n) is 5.38. The van der Waals surface area contributed by atoms with E-state index in [0.29, 0.717) is 0 Å². The molecule has 0 bridgehead atoms. The first kappa shape index (κ1) is 10.8. The van der Waals surface area contributed by atoms with E-state index >= 15 is 0 Å². The standard InChI is InChI=1S/C12H22O/c1-5-10(2)8-12(4)9-11(3)6-7-13-12/h8,11H,5-7,9H2,1-4H3/b10-8-/t11-,12?/m0/s1. The second kappa shape index (κ2) is 4.28. The van der Waals surface area contributed by atoms with Crippen molar-refractivity contribution in [2.45, 2.75) is 52.6 Å². The van der Waals surface area contributed by atoms with Gasteiger partial charge in [-0.1, -0.05) is 25.5 Å². The van der Waals surface area contributed by atoms with Crippen LogP contribution < -0.4 is 0 Å². The van der Waals surface area contributed by atoms with E-state index in [9.17, 15) is 0 Å². The maximum Gasteiger partial charge on any atom is 0.0839 e. The van der Waals surface area contributed by atoms with Gasteiger partial charge in [-0.25, -0.2) is 0 Å². The number of hydrogen-bond acceptors (Lipinski definition) is 1. The van der Waals surface area contributed by atoms with Crippen molar-refractivity contribution in [3.63, 3.8) is 0 Å². The number of ether oxygens (including phenoxy) is 1. The predicted molar refractivity (Wildman–Crippen MR) is 56.8 cm³/mol. The van der Waals surface area contributed by atoms with Crippen LogP contribution in [0, 0.1) is 5.92 Å². The van der Waals surface area contributed by atoms with Gasteiger partial charge in [0.15, 0.2) is 0 Å². The van der Waals surface area contributed by atoms with E-state index in [1.54, 1.807) is 0 Å². The molecule has 0 aromatic rings. The molecular formula is C12H22O. The lowest BCUT2D eigenvalue weighted by Gasteiger charge is -2.35. The van der Waals surface area contributed by atoms with Gasteiger partial charge in [0, 0.05) is 6.61 Å². The lowest BCUT2D eigenvalue weighted by Crippen LogP contribution is -2.34. The fourth-order valence-corrected chi connectivity index (χ4v) is 2.07. The largest absolute Gasteiger partial charge is 0.371 e. The SMILES string of the molecule is CC/C(C)=C\C1(C)C[C@@H](C)CCO1. The molecule has 0 N–H and O–H groups in total. The Kier molecular flexibility index (Phi) is 3.55. The smallest absolute Gasteiger partial charge is 0.0839 e. The third-order valence-corrected chi connectivity index (χ3v) is 2.91. The second-order valence-electron chi connectivity index (χ2n) is 4.60. The van der Waals surface area contributed by atoms with Crippen LogP contribution in [-0.4, -0.2) is 12.2 Å². The van der Waals surface area contributed by atoms with Crippen molar-refractivity contribution in [3.8, 4) is 0 Å². The van der Waals surface area contributed by atoms with Gasteiger partial charge in [0.25, 0.3) is 0 Å². The zero-order valence-corrected chi connectivity index (χ0v) is 9.39. The molecule has 1 aliphatic heterocycles. The van der Waals surface area contributed by atoms with Crippen molar-refractivity contribution in [3.05, 3.63) is 11.6 Å². The highest BCUT2D eigenvalue weighted by atomic mass is 16.5. The zero-order chi connectivity index (χ0) is 9.90. The monoisotopic (exact) mass is 182 g/mol. The summed E-state index contributed by atoms with van der Waals surface area (Å²) in [5.74, 6) is 0.805. The van der Waals surface area contributed by atoms with Gasteiger partial charge in [0.05, 0.1) is 5.60 Å². The Morgan fingerprint density at radius 2 is 2.31 bits per heavy atom. The Balaban J connectivity index is 2.64. The molecule has 1 saturated heterocycles. The van der Waals surface area contributed by atoms with Gasteiger partial charge < -0.3 is 4.74 Å². The van der Waals surface area contributed by atoms with Crippen LogP contribution in [0.15, 0.2) is 11.6 Å². The van der Waals surface area contributed by atoms with Gasteiger partial charge in [-0.2, -0.15) is 0 Å². The molecule has 0 radical (unpaired) electrons. The highest BCUT2D eigenvalue weighted by molar-refractivity contribution is 5.09. The first-order chi connectivity index (χ1) is 6.06. The maximum absolute atomic E-state index is 5.83. The molecule has 1 aliphatic rings. The molecule has 1 nitrogen and oxygen atoms in total. The van der Waals surface area contributed by atoms with Crippen LogP contribution in [-0.2, 0) is 4.74 Å².